The van der Waals surface area contributed by atoms with E-state index in [1.807, 2.05) is 6.92 Å². The minimum absolute atomic E-state index is 0.0242. The van der Waals surface area contributed by atoms with Gasteiger partial charge in [0.2, 0.25) is 5.91 Å². The molecule has 1 aliphatic carbocycles. The lowest BCUT2D eigenvalue weighted by Crippen LogP contribution is -2.44. The number of aliphatic hydroxyl groups is 1. The summed E-state index contributed by atoms with van der Waals surface area (Å²) in [4.78, 5) is 13.5. The Morgan fingerprint density at radius 3 is 2.53 bits per heavy atom. The van der Waals surface area contributed by atoms with Crippen molar-refractivity contribution in [1.29, 1.82) is 0 Å². The number of amidine groups is 1. The summed E-state index contributed by atoms with van der Waals surface area (Å²) in [5.74, 6) is -0.182. The van der Waals surface area contributed by atoms with E-state index in [1.165, 1.54) is 4.90 Å². The zero-order valence-electron chi connectivity index (χ0n) is 8.81. The number of amides is 1. The minimum Gasteiger partial charge on any atom is -0.409 e. The normalized spacial score (nSPS) is 18.7. The van der Waals surface area contributed by atoms with Gasteiger partial charge in [-0.05, 0) is 19.8 Å². The van der Waals surface area contributed by atoms with Crippen LogP contribution in [0.4, 0.5) is 0 Å². The third-order valence-corrected chi connectivity index (χ3v) is 2.80. The third kappa shape index (κ3) is 2.04. The number of rotatable bonds is 5. The van der Waals surface area contributed by atoms with E-state index >= 15 is 0 Å². The number of nitrogens with two attached hydrogens (primary N) is 1. The second kappa shape index (κ2) is 4.48. The van der Waals surface area contributed by atoms with E-state index in [9.17, 15) is 4.79 Å². The van der Waals surface area contributed by atoms with Crippen molar-refractivity contribution in [3.8, 4) is 0 Å². The maximum Gasteiger partial charge on any atom is 0.236 e. The number of likely N-dealkylation sites (N-methyl/N-ethyl adjacent to an activating group) is 1. The number of hydrogen-bond donors (Lipinski definition) is 3. The Bertz CT molecular complexity index is 274. The van der Waals surface area contributed by atoms with Crippen molar-refractivity contribution >= 4 is 11.7 Å². The van der Waals surface area contributed by atoms with Gasteiger partial charge in [-0.3, -0.25) is 4.79 Å². The topological polar surface area (TPSA) is 99.2 Å². The summed E-state index contributed by atoms with van der Waals surface area (Å²) in [5, 5.41) is 20.3. The Hall–Kier alpha value is -1.30. The van der Waals surface area contributed by atoms with Gasteiger partial charge >= 0.3 is 0 Å². The van der Waals surface area contributed by atoms with Crippen LogP contribution in [0.5, 0.6) is 0 Å². The Morgan fingerprint density at radius 1 is 1.60 bits per heavy atom. The van der Waals surface area contributed by atoms with Gasteiger partial charge in [-0.15, -0.1) is 0 Å². The largest absolute Gasteiger partial charge is 0.409 e. The SMILES string of the molecule is CCN(CCO)C(=O)C1(C(N)=NO)CC1. The van der Waals surface area contributed by atoms with Crippen molar-refractivity contribution in [3.63, 3.8) is 0 Å². The molecule has 4 N–H and O–H groups in total. The van der Waals surface area contributed by atoms with E-state index < -0.39 is 5.41 Å². The molecule has 1 aliphatic rings. The fourth-order valence-corrected chi connectivity index (χ4v) is 1.63. The molecule has 0 spiro atoms. The molecule has 0 aliphatic heterocycles. The Balaban J connectivity index is 2.75. The maximum absolute atomic E-state index is 12.0. The van der Waals surface area contributed by atoms with Gasteiger partial charge in [0, 0.05) is 13.1 Å². The lowest BCUT2D eigenvalue weighted by atomic mass is 10.0. The van der Waals surface area contributed by atoms with Crippen LogP contribution in [-0.4, -0.2) is 46.7 Å². The van der Waals surface area contributed by atoms with Gasteiger partial charge in [-0.2, -0.15) is 0 Å². The van der Waals surface area contributed by atoms with Crippen LogP contribution >= 0.6 is 0 Å². The smallest absolute Gasteiger partial charge is 0.236 e. The predicted molar refractivity (Wildman–Crippen MR) is 54.4 cm³/mol. The van der Waals surface area contributed by atoms with Crippen molar-refractivity contribution in [2.45, 2.75) is 19.8 Å². The number of oxime groups is 1. The standard InChI is InChI=1S/C9H17N3O3/c1-2-12(5-6-13)8(14)9(3-4-9)7(10)11-15/h13,15H,2-6H2,1H3,(H2,10,11). The first kappa shape index (κ1) is 11.8. The molecule has 0 atom stereocenters. The average molecular weight is 215 g/mol. The highest BCUT2D eigenvalue weighted by Crippen LogP contribution is 2.47. The number of aliphatic hydroxyl groups excluding tert-OH is 1. The molecule has 1 amide bonds. The first-order valence-electron chi connectivity index (χ1n) is 5.00. The fourth-order valence-electron chi connectivity index (χ4n) is 1.63. The summed E-state index contributed by atoms with van der Waals surface area (Å²) < 4.78 is 0. The summed E-state index contributed by atoms with van der Waals surface area (Å²) in [6.45, 7) is 2.55. The zero-order chi connectivity index (χ0) is 11.5. The van der Waals surface area contributed by atoms with Crippen LogP contribution in [0.2, 0.25) is 0 Å². The molecule has 0 bridgehead atoms. The van der Waals surface area contributed by atoms with Crippen molar-refractivity contribution in [2.75, 3.05) is 19.7 Å². The molecule has 0 aromatic carbocycles. The second-order valence-electron chi connectivity index (χ2n) is 3.68. The molecule has 0 radical (unpaired) electrons. The minimum atomic E-state index is -0.806. The van der Waals surface area contributed by atoms with Crippen LogP contribution in [0, 0.1) is 5.41 Å². The lowest BCUT2D eigenvalue weighted by Gasteiger charge is -2.24. The monoisotopic (exact) mass is 215 g/mol. The molecule has 1 fully saturated rings. The molecule has 0 unspecified atom stereocenters. The summed E-state index contributed by atoms with van der Waals surface area (Å²) >= 11 is 0. The molecule has 6 heteroatoms. The lowest BCUT2D eigenvalue weighted by molar-refractivity contribution is -0.134. The van der Waals surface area contributed by atoms with E-state index in [0.717, 1.165) is 0 Å². The van der Waals surface area contributed by atoms with Crippen LogP contribution in [0.1, 0.15) is 19.8 Å². The van der Waals surface area contributed by atoms with Crippen molar-refractivity contribution in [1.82, 2.24) is 4.90 Å². The van der Waals surface area contributed by atoms with Crippen molar-refractivity contribution in [3.05, 3.63) is 0 Å². The Labute approximate surface area is 88.4 Å². The quantitative estimate of drug-likeness (QED) is 0.246. The third-order valence-electron chi connectivity index (χ3n) is 2.80. The number of hydrogen-bond acceptors (Lipinski definition) is 4. The van der Waals surface area contributed by atoms with Gasteiger partial charge < -0.3 is 20.9 Å². The number of nitrogens with zero attached hydrogens (tertiary/aromatic N) is 2. The molecular formula is C9H17N3O3. The maximum atomic E-state index is 12.0. The van der Waals surface area contributed by atoms with E-state index in [4.69, 9.17) is 16.0 Å². The van der Waals surface area contributed by atoms with Gasteiger partial charge in [0.15, 0.2) is 5.84 Å². The van der Waals surface area contributed by atoms with E-state index in [0.29, 0.717) is 19.4 Å². The molecule has 0 aromatic heterocycles. The van der Waals surface area contributed by atoms with Gasteiger partial charge in [0.05, 0.1) is 6.61 Å². The average Bonchev–Trinajstić information content (AvgIpc) is 3.05. The van der Waals surface area contributed by atoms with Crippen LogP contribution in [0.3, 0.4) is 0 Å². The molecule has 1 saturated carbocycles. The van der Waals surface area contributed by atoms with Gasteiger partial charge in [-0.25, -0.2) is 0 Å². The highest BCUT2D eigenvalue weighted by atomic mass is 16.4. The predicted octanol–water partition coefficient (Wildman–Crippen LogP) is -0.646. The number of carbonyl (C=O) groups is 1. The molecule has 86 valence electrons. The van der Waals surface area contributed by atoms with E-state index in [1.54, 1.807) is 0 Å². The molecule has 0 heterocycles. The fraction of sp³-hybridized carbons (Fsp3) is 0.778. The second-order valence-corrected chi connectivity index (χ2v) is 3.68. The first-order chi connectivity index (χ1) is 7.12. The summed E-state index contributed by atoms with van der Waals surface area (Å²) in [6.07, 6.45) is 1.23. The van der Waals surface area contributed by atoms with Gasteiger partial charge in [-0.1, -0.05) is 5.16 Å². The summed E-state index contributed by atoms with van der Waals surface area (Å²) in [6, 6.07) is 0. The molecule has 15 heavy (non-hydrogen) atoms. The molecular weight excluding hydrogens is 198 g/mol. The molecule has 1 rings (SSSR count). The summed E-state index contributed by atoms with van der Waals surface area (Å²) in [5.41, 5.74) is 4.69. The van der Waals surface area contributed by atoms with Crippen LogP contribution in [0.15, 0.2) is 5.16 Å². The highest BCUT2D eigenvalue weighted by Gasteiger charge is 2.55. The van der Waals surface area contributed by atoms with Gasteiger partial charge in [0.1, 0.15) is 5.41 Å². The van der Waals surface area contributed by atoms with Gasteiger partial charge in [0.25, 0.3) is 0 Å². The Kier molecular flexibility index (Phi) is 3.52. The number of carbonyl (C=O) groups excluding carboxylic acids is 1. The highest BCUT2D eigenvalue weighted by molar-refractivity contribution is 6.09. The van der Waals surface area contributed by atoms with Crippen molar-refractivity contribution in [2.24, 2.45) is 16.3 Å². The van der Waals surface area contributed by atoms with Crippen LogP contribution in [-0.2, 0) is 4.79 Å². The summed E-state index contributed by atoms with van der Waals surface area (Å²) in [7, 11) is 0. The molecule has 0 aromatic rings. The Morgan fingerprint density at radius 2 is 2.20 bits per heavy atom. The molecule has 0 saturated heterocycles. The first-order valence-corrected chi connectivity index (χ1v) is 5.00. The van der Waals surface area contributed by atoms with Crippen molar-refractivity contribution < 1.29 is 15.1 Å². The molecule has 6 nitrogen and oxygen atoms in total. The van der Waals surface area contributed by atoms with Crippen LogP contribution < -0.4 is 5.73 Å². The van der Waals surface area contributed by atoms with Crippen LogP contribution in [0.25, 0.3) is 0 Å². The van der Waals surface area contributed by atoms with E-state index in [2.05, 4.69) is 5.16 Å². The zero-order valence-corrected chi connectivity index (χ0v) is 8.81. The van der Waals surface area contributed by atoms with E-state index in [-0.39, 0.29) is 24.9 Å².